The molecule has 4 nitrogen and oxygen atoms in total. The Bertz CT molecular complexity index is 1790. The van der Waals surface area contributed by atoms with Gasteiger partial charge in [-0.1, -0.05) is 78.9 Å². The molecule has 0 aliphatic carbocycles. The van der Waals surface area contributed by atoms with E-state index >= 15 is 0 Å². The van der Waals surface area contributed by atoms with Crippen LogP contribution < -0.4 is 0 Å². The van der Waals surface area contributed by atoms with Gasteiger partial charge < -0.3 is 4.48 Å². The van der Waals surface area contributed by atoms with Gasteiger partial charge in [0.25, 0.3) is 11.8 Å². The molecule has 0 saturated heterocycles. The lowest BCUT2D eigenvalue weighted by atomic mass is 9.85. The maximum Gasteiger partial charge on any atom is 0.261 e. The van der Waals surface area contributed by atoms with Crippen LogP contribution in [0.1, 0.15) is 26.3 Å². The first-order valence-corrected chi connectivity index (χ1v) is 13.3. The summed E-state index contributed by atoms with van der Waals surface area (Å²) in [6, 6.07) is 31.2. The fourth-order valence-corrected chi connectivity index (χ4v) is 6.24. The zero-order chi connectivity index (χ0) is 26.0. The molecule has 2 amide bonds. The molecule has 6 aromatic carbocycles. The molecule has 0 aromatic heterocycles. The number of hydrogen-bond acceptors (Lipinski definition) is 2. The van der Waals surface area contributed by atoms with E-state index in [4.69, 9.17) is 0 Å². The minimum Gasteiger partial charge on any atom is -0.327 e. The summed E-state index contributed by atoms with van der Waals surface area (Å²) in [5, 5.41) is 8.77. The van der Waals surface area contributed by atoms with E-state index in [-0.39, 0.29) is 11.8 Å². The number of quaternary nitrogens is 1. The van der Waals surface area contributed by atoms with Crippen LogP contribution in [0.4, 0.5) is 0 Å². The lowest BCUT2D eigenvalue weighted by molar-refractivity contribution is -0.889. The van der Waals surface area contributed by atoms with Crippen molar-refractivity contribution < 1.29 is 14.1 Å². The van der Waals surface area contributed by atoms with E-state index in [2.05, 4.69) is 86.9 Å². The van der Waals surface area contributed by atoms with Crippen molar-refractivity contribution >= 4 is 54.9 Å². The lowest BCUT2D eigenvalue weighted by Gasteiger charge is -2.34. The highest BCUT2D eigenvalue weighted by atomic mass is 16.2. The van der Waals surface area contributed by atoms with Gasteiger partial charge in [0.05, 0.1) is 33.7 Å². The number of rotatable bonds is 6. The first kappa shape index (κ1) is 22.9. The van der Waals surface area contributed by atoms with E-state index in [1.54, 1.807) is 0 Å². The molecular weight excluding hydrogens is 468 g/mol. The number of carbonyl (C=O) groups excluding carboxylic acids is 2. The van der Waals surface area contributed by atoms with Crippen molar-refractivity contribution in [1.29, 1.82) is 0 Å². The van der Waals surface area contributed by atoms with Crippen molar-refractivity contribution in [3.8, 4) is 0 Å². The molecule has 0 atom stereocenters. The Balaban J connectivity index is 1.27. The first-order valence-electron chi connectivity index (χ1n) is 13.3. The molecule has 38 heavy (non-hydrogen) atoms. The van der Waals surface area contributed by atoms with Gasteiger partial charge in [0.1, 0.15) is 0 Å². The average Bonchev–Trinajstić information content (AvgIpc) is 2.94. The molecule has 0 saturated carbocycles. The van der Waals surface area contributed by atoms with E-state index in [0.717, 1.165) is 49.8 Å². The lowest BCUT2D eigenvalue weighted by Crippen LogP contribution is -2.50. The van der Waals surface area contributed by atoms with Gasteiger partial charge in [0, 0.05) is 22.9 Å². The summed E-state index contributed by atoms with van der Waals surface area (Å²) in [5.41, 5.74) is 2.55. The molecule has 1 heterocycles. The molecular formula is C34H29N2O2+. The Kier molecular flexibility index (Phi) is 5.04. The zero-order valence-corrected chi connectivity index (χ0v) is 21.7. The highest BCUT2D eigenvalue weighted by Crippen LogP contribution is 2.43. The summed E-state index contributed by atoms with van der Waals surface area (Å²) in [6.07, 6.45) is 0.956. The van der Waals surface area contributed by atoms with Crippen molar-refractivity contribution in [2.24, 2.45) is 0 Å². The summed E-state index contributed by atoms with van der Waals surface area (Å²) in [6.45, 7) is 2.03. The predicted molar refractivity (Wildman–Crippen MR) is 155 cm³/mol. The number of benzene rings is 6. The Labute approximate surface area is 221 Å². The zero-order valence-electron chi connectivity index (χ0n) is 21.7. The van der Waals surface area contributed by atoms with E-state index in [1.807, 2.05) is 18.2 Å². The second-order valence-corrected chi connectivity index (χ2v) is 11.2. The van der Waals surface area contributed by atoms with Crippen molar-refractivity contribution in [3.63, 3.8) is 0 Å². The van der Waals surface area contributed by atoms with Crippen molar-refractivity contribution in [2.75, 3.05) is 33.7 Å². The van der Waals surface area contributed by atoms with Crippen LogP contribution in [-0.4, -0.2) is 54.9 Å². The molecule has 0 spiro atoms. The van der Waals surface area contributed by atoms with E-state index < -0.39 is 0 Å². The number of amides is 2. The number of imide groups is 1. The summed E-state index contributed by atoms with van der Waals surface area (Å²) < 4.78 is 0.729. The molecule has 6 aromatic rings. The van der Waals surface area contributed by atoms with E-state index in [0.29, 0.717) is 24.2 Å². The van der Waals surface area contributed by atoms with Gasteiger partial charge in [0.2, 0.25) is 0 Å². The van der Waals surface area contributed by atoms with Gasteiger partial charge in [-0.3, -0.25) is 14.5 Å². The summed E-state index contributed by atoms with van der Waals surface area (Å²) in [5.74, 6) is -0.377. The van der Waals surface area contributed by atoms with Gasteiger partial charge in [0.15, 0.2) is 0 Å². The van der Waals surface area contributed by atoms with Crippen LogP contribution in [0.3, 0.4) is 0 Å². The minimum absolute atomic E-state index is 0.189. The van der Waals surface area contributed by atoms with E-state index in [1.165, 1.54) is 21.2 Å². The van der Waals surface area contributed by atoms with E-state index in [9.17, 15) is 9.59 Å². The highest BCUT2D eigenvalue weighted by Gasteiger charge is 2.35. The summed E-state index contributed by atoms with van der Waals surface area (Å²) >= 11 is 0. The normalized spacial score (nSPS) is 14.0. The van der Waals surface area contributed by atoms with Gasteiger partial charge in [-0.15, -0.1) is 0 Å². The molecule has 4 heteroatoms. The quantitative estimate of drug-likeness (QED) is 0.112. The molecule has 0 bridgehead atoms. The van der Waals surface area contributed by atoms with Gasteiger partial charge >= 0.3 is 0 Å². The Morgan fingerprint density at radius 2 is 1.16 bits per heavy atom. The first-order chi connectivity index (χ1) is 18.4. The second-order valence-electron chi connectivity index (χ2n) is 11.2. The molecule has 7 rings (SSSR count). The van der Waals surface area contributed by atoms with Crippen LogP contribution in [0, 0.1) is 0 Å². The SMILES string of the molecule is C[N+](C)(CCc1ccccc1)CCN1C(=O)c2ccc3c4cccc5cccc(c6ccc(c2c36)C1=O)c54. The molecule has 0 radical (unpaired) electrons. The molecule has 1 aliphatic heterocycles. The average molecular weight is 498 g/mol. The predicted octanol–water partition coefficient (Wildman–Crippen LogP) is 6.65. The molecule has 0 fully saturated rings. The third-order valence-corrected chi connectivity index (χ3v) is 8.37. The van der Waals surface area contributed by atoms with Crippen molar-refractivity contribution in [2.45, 2.75) is 6.42 Å². The van der Waals surface area contributed by atoms with Crippen LogP contribution >= 0.6 is 0 Å². The fraction of sp³-hybridized carbons (Fsp3) is 0.176. The largest absolute Gasteiger partial charge is 0.327 e. The number of carbonyl (C=O) groups is 2. The number of hydrogen-bond donors (Lipinski definition) is 0. The van der Waals surface area contributed by atoms with Crippen LogP contribution in [0.15, 0.2) is 91.0 Å². The minimum atomic E-state index is -0.189. The van der Waals surface area contributed by atoms with Gasteiger partial charge in [-0.05, 0) is 55.4 Å². The fourth-order valence-electron chi connectivity index (χ4n) is 6.24. The topological polar surface area (TPSA) is 37.4 Å². The third-order valence-electron chi connectivity index (χ3n) is 8.37. The second kappa shape index (κ2) is 8.37. The Hall–Kier alpha value is -4.28. The van der Waals surface area contributed by atoms with Gasteiger partial charge in [-0.25, -0.2) is 0 Å². The molecule has 0 unspecified atom stereocenters. The number of likely N-dealkylation sites (N-methyl/N-ethyl adjacent to an activating group) is 1. The number of fused-ring (bicyclic) bond motifs is 2. The van der Waals surface area contributed by atoms with Crippen LogP contribution in [0.2, 0.25) is 0 Å². The van der Waals surface area contributed by atoms with Crippen LogP contribution in [0.5, 0.6) is 0 Å². The Morgan fingerprint density at radius 1 is 0.579 bits per heavy atom. The number of nitrogens with zero attached hydrogens (tertiary/aromatic N) is 2. The summed E-state index contributed by atoms with van der Waals surface area (Å²) in [4.78, 5) is 29.0. The highest BCUT2D eigenvalue weighted by molar-refractivity contribution is 6.38. The van der Waals surface area contributed by atoms with Crippen molar-refractivity contribution in [3.05, 3.63) is 108 Å². The molecule has 186 valence electrons. The van der Waals surface area contributed by atoms with Crippen molar-refractivity contribution in [1.82, 2.24) is 4.90 Å². The monoisotopic (exact) mass is 497 g/mol. The Morgan fingerprint density at radius 3 is 1.76 bits per heavy atom. The maximum atomic E-state index is 13.8. The van der Waals surface area contributed by atoms with Crippen LogP contribution in [-0.2, 0) is 6.42 Å². The molecule has 1 aliphatic rings. The molecule has 0 N–H and O–H groups in total. The summed E-state index contributed by atoms with van der Waals surface area (Å²) in [7, 11) is 4.33. The standard InChI is InChI=1S/C34H29N2O2/c1-36(2,20-18-22-8-4-3-5-9-22)21-19-35-33(37)28-16-14-26-24-12-6-10-23-11-7-13-25(30(23)24)27-15-17-29(34(35)38)32(28)31(26)27/h3-17H,18-21H2,1-2H3/q+1. The maximum absolute atomic E-state index is 13.8. The smallest absolute Gasteiger partial charge is 0.261 e. The van der Waals surface area contributed by atoms with Crippen LogP contribution in [0.25, 0.3) is 43.1 Å². The third kappa shape index (κ3) is 3.41. The van der Waals surface area contributed by atoms with Gasteiger partial charge in [-0.2, -0.15) is 0 Å².